The van der Waals surface area contributed by atoms with E-state index in [1.54, 1.807) is 0 Å². The van der Waals surface area contributed by atoms with Gasteiger partial charge in [0.15, 0.2) is 11.6 Å². The van der Waals surface area contributed by atoms with E-state index in [-0.39, 0.29) is 48.2 Å². The Kier molecular flexibility index (Phi) is 22.7. The number of carbonyl (C=O) groups excluding carboxylic acids is 2. The summed E-state index contributed by atoms with van der Waals surface area (Å²) in [7, 11) is 0. The summed E-state index contributed by atoms with van der Waals surface area (Å²) in [5.74, 6) is 2.10. The highest BCUT2D eigenvalue weighted by atomic mass is 35.5. The first-order chi connectivity index (χ1) is 23.6. The van der Waals surface area contributed by atoms with Crippen LogP contribution < -0.4 is 9.47 Å². The van der Waals surface area contributed by atoms with Crippen LogP contribution in [-0.4, -0.2) is 73.8 Å². The Morgan fingerprint density at radius 1 is 0.540 bits per heavy atom. The summed E-state index contributed by atoms with van der Waals surface area (Å²) in [5, 5.41) is 0. The molecule has 50 heavy (non-hydrogen) atoms. The van der Waals surface area contributed by atoms with Gasteiger partial charge >= 0.3 is 0 Å². The highest BCUT2D eigenvalue weighted by Crippen LogP contribution is 2.25. The molecule has 2 heterocycles. The van der Waals surface area contributed by atoms with Gasteiger partial charge in [-0.25, -0.2) is 0 Å². The smallest absolute Gasteiger partial charge is 0.167 e. The van der Waals surface area contributed by atoms with E-state index in [4.69, 9.17) is 9.47 Å². The standard InChI is InChI=1S/C42H64N2O4.2ClH/c1-3-5-31-47-39-23-19-35(20-24-39)41(45)37(33-43-27-13-7-8-14-28-43)17-11-12-18-38(34-44-29-15-9-10-16-30-44)42(46)36-21-25-40(26-22-36)48-32-6-4-2;;/h19-26,37-38H,3-18,27-34H2,1-2H3;2*1H. The molecule has 0 radical (unpaired) electrons. The number of ether oxygens (including phenoxy) is 2. The number of ketones is 2. The molecule has 4 rings (SSSR count). The van der Waals surface area contributed by atoms with Crippen LogP contribution in [0, 0.1) is 11.8 Å². The summed E-state index contributed by atoms with van der Waals surface area (Å²) in [5.41, 5.74) is 1.57. The zero-order valence-corrected chi connectivity index (χ0v) is 32.7. The first-order valence-electron chi connectivity index (χ1n) is 19.6. The van der Waals surface area contributed by atoms with E-state index in [1.807, 2.05) is 48.5 Å². The molecule has 0 aromatic heterocycles. The van der Waals surface area contributed by atoms with Crippen molar-refractivity contribution in [2.24, 2.45) is 11.8 Å². The van der Waals surface area contributed by atoms with Crippen LogP contribution in [0.5, 0.6) is 11.5 Å². The minimum Gasteiger partial charge on any atom is -0.494 e. The molecule has 2 aromatic rings. The molecule has 2 aromatic carbocycles. The fourth-order valence-corrected chi connectivity index (χ4v) is 7.22. The third-order valence-corrected chi connectivity index (χ3v) is 10.3. The summed E-state index contributed by atoms with van der Waals surface area (Å²) in [6, 6.07) is 15.6. The van der Waals surface area contributed by atoms with Crippen LogP contribution in [0.1, 0.15) is 137 Å². The first-order valence-corrected chi connectivity index (χ1v) is 19.6. The summed E-state index contributed by atoms with van der Waals surface area (Å²) in [4.78, 5) is 33.0. The maximum atomic E-state index is 14.0. The van der Waals surface area contributed by atoms with Crippen molar-refractivity contribution < 1.29 is 19.1 Å². The van der Waals surface area contributed by atoms with Gasteiger partial charge < -0.3 is 19.3 Å². The van der Waals surface area contributed by atoms with Gasteiger partial charge in [0.05, 0.1) is 13.2 Å². The number of unbranched alkanes of at least 4 members (excludes halogenated alkanes) is 3. The Labute approximate surface area is 316 Å². The van der Waals surface area contributed by atoms with Crippen LogP contribution in [0.2, 0.25) is 0 Å². The SMILES string of the molecule is CCCCOc1ccc(C(=O)C(CCCCC(CN2CCCCCC2)C(=O)c2ccc(OCCCC)cc2)CN2CCCCCC2)cc1.Cl.Cl. The monoisotopic (exact) mass is 732 g/mol. The van der Waals surface area contributed by atoms with Gasteiger partial charge in [-0.05, 0) is 126 Å². The Morgan fingerprint density at radius 2 is 0.880 bits per heavy atom. The van der Waals surface area contributed by atoms with E-state index < -0.39 is 0 Å². The van der Waals surface area contributed by atoms with E-state index in [9.17, 15) is 9.59 Å². The average Bonchev–Trinajstić information content (AvgIpc) is 3.54. The van der Waals surface area contributed by atoms with Gasteiger partial charge in [0.1, 0.15) is 11.5 Å². The average molecular weight is 734 g/mol. The number of benzene rings is 2. The minimum absolute atomic E-state index is 0. The summed E-state index contributed by atoms with van der Waals surface area (Å²) >= 11 is 0. The Morgan fingerprint density at radius 3 is 1.20 bits per heavy atom. The number of Topliss-reactive ketones (excluding diaryl/α,β-unsaturated/α-hetero) is 2. The quantitative estimate of drug-likeness (QED) is 0.0941. The third kappa shape index (κ3) is 15.6. The molecule has 2 aliphatic rings. The van der Waals surface area contributed by atoms with E-state index in [0.29, 0.717) is 13.2 Å². The van der Waals surface area contributed by atoms with Crippen molar-refractivity contribution in [2.75, 3.05) is 52.5 Å². The number of hydrogen-bond acceptors (Lipinski definition) is 6. The lowest BCUT2D eigenvalue weighted by Gasteiger charge is -2.27. The second-order valence-electron chi connectivity index (χ2n) is 14.3. The van der Waals surface area contributed by atoms with E-state index in [2.05, 4.69) is 23.6 Å². The summed E-state index contributed by atoms with van der Waals surface area (Å²) in [6.45, 7) is 11.7. The minimum atomic E-state index is -0.0324. The second kappa shape index (κ2) is 25.8. The van der Waals surface area contributed by atoms with Crippen molar-refractivity contribution >= 4 is 36.4 Å². The molecule has 0 amide bonds. The molecule has 0 spiro atoms. The van der Waals surface area contributed by atoms with Crippen LogP contribution >= 0.6 is 24.8 Å². The van der Waals surface area contributed by atoms with Crippen LogP contribution in [0.3, 0.4) is 0 Å². The van der Waals surface area contributed by atoms with Crippen molar-refractivity contribution in [2.45, 2.75) is 117 Å². The van der Waals surface area contributed by atoms with Gasteiger partial charge in [-0.15, -0.1) is 24.8 Å². The molecule has 8 heteroatoms. The molecule has 0 N–H and O–H groups in total. The highest BCUT2D eigenvalue weighted by Gasteiger charge is 2.26. The molecular formula is C42H66Cl2N2O4. The number of halogens is 2. The first kappa shape index (κ1) is 44.0. The van der Waals surface area contributed by atoms with Crippen molar-refractivity contribution in [1.29, 1.82) is 0 Å². The van der Waals surface area contributed by atoms with Gasteiger partial charge in [0, 0.05) is 36.1 Å². The maximum absolute atomic E-state index is 14.0. The largest absolute Gasteiger partial charge is 0.494 e. The van der Waals surface area contributed by atoms with Gasteiger partial charge in [0.2, 0.25) is 0 Å². The number of carbonyl (C=O) groups is 2. The molecule has 2 saturated heterocycles. The molecule has 2 aliphatic heterocycles. The van der Waals surface area contributed by atoms with E-state index in [1.165, 1.54) is 51.4 Å². The topological polar surface area (TPSA) is 59.1 Å². The lowest BCUT2D eigenvalue weighted by atomic mass is 9.88. The van der Waals surface area contributed by atoms with Gasteiger partial charge in [-0.1, -0.05) is 65.2 Å². The van der Waals surface area contributed by atoms with Crippen LogP contribution in [0.25, 0.3) is 0 Å². The summed E-state index contributed by atoms with van der Waals surface area (Å²) < 4.78 is 11.7. The van der Waals surface area contributed by atoms with Gasteiger partial charge in [-0.2, -0.15) is 0 Å². The number of nitrogens with zero attached hydrogens (tertiary/aromatic N) is 2. The van der Waals surface area contributed by atoms with Crippen molar-refractivity contribution in [3.63, 3.8) is 0 Å². The van der Waals surface area contributed by atoms with Crippen molar-refractivity contribution in [1.82, 2.24) is 9.80 Å². The molecule has 2 unspecified atom stereocenters. The highest BCUT2D eigenvalue weighted by molar-refractivity contribution is 5.98. The maximum Gasteiger partial charge on any atom is 0.167 e. The molecule has 2 fully saturated rings. The van der Waals surface area contributed by atoms with Crippen LogP contribution in [0.4, 0.5) is 0 Å². The van der Waals surface area contributed by atoms with E-state index >= 15 is 0 Å². The number of rotatable bonds is 21. The predicted octanol–water partition coefficient (Wildman–Crippen LogP) is 10.5. The van der Waals surface area contributed by atoms with Crippen molar-refractivity contribution in [3.8, 4) is 11.5 Å². The Bertz CT molecular complexity index is 1080. The van der Waals surface area contributed by atoms with Crippen LogP contribution in [0.15, 0.2) is 48.5 Å². The fraction of sp³-hybridized carbons (Fsp3) is 0.667. The van der Waals surface area contributed by atoms with Gasteiger partial charge in [-0.3, -0.25) is 9.59 Å². The van der Waals surface area contributed by atoms with Crippen molar-refractivity contribution in [3.05, 3.63) is 59.7 Å². The molecule has 0 aliphatic carbocycles. The molecule has 6 nitrogen and oxygen atoms in total. The lowest BCUT2D eigenvalue weighted by Crippen LogP contribution is -2.35. The number of hydrogen-bond donors (Lipinski definition) is 0. The summed E-state index contributed by atoms with van der Waals surface area (Å²) in [6.07, 6.45) is 17.9. The van der Waals surface area contributed by atoms with E-state index in [0.717, 1.165) is 113 Å². The normalized spacial score (nSPS) is 16.9. The molecule has 282 valence electrons. The lowest BCUT2D eigenvalue weighted by molar-refractivity contribution is 0.0848. The Hall–Kier alpha value is -2.12. The van der Waals surface area contributed by atoms with Crippen LogP contribution in [-0.2, 0) is 0 Å². The molecular weight excluding hydrogens is 667 g/mol. The zero-order chi connectivity index (χ0) is 33.8. The zero-order valence-electron chi connectivity index (χ0n) is 31.1. The molecule has 0 bridgehead atoms. The molecule has 0 saturated carbocycles. The second-order valence-corrected chi connectivity index (χ2v) is 14.3. The predicted molar refractivity (Wildman–Crippen MR) is 212 cm³/mol. The molecule has 2 atom stereocenters. The van der Waals surface area contributed by atoms with Gasteiger partial charge in [0.25, 0.3) is 0 Å². The fourth-order valence-electron chi connectivity index (χ4n) is 7.22. The number of likely N-dealkylation sites (tertiary alicyclic amines) is 2. The Balaban J connectivity index is 0.00000433. The third-order valence-electron chi connectivity index (χ3n) is 10.3.